The summed E-state index contributed by atoms with van der Waals surface area (Å²) < 4.78 is 29.5. The molecule has 2 aromatic carbocycles. The zero-order valence-corrected chi connectivity index (χ0v) is 19.9. The molecule has 0 aliphatic carbocycles. The van der Waals surface area contributed by atoms with E-state index in [2.05, 4.69) is 15.3 Å². The maximum atomic E-state index is 13.0. The Morgan fingerprint density at radius 1 is 1.03 bits per heavy atom. The van der Waals surface area contributed by atoms with Crippen molar-refractivity contribution >= 4 is 43.6 Å². The summed E-state index contributed by atoms with van der Waals surface area (Å²) in [6, 6.07) is 14.7. The first kappa shape index (κ1) is 22.5. The predicted molar refractivity (Wildman–Crippen MR) is 132 cm³/mol. The second kappa shape index (κ2) is 9.15. The molecule has 176 valence electrons. The van der Waals surface area contributed by atoms with E-state index in [1.807, 2.05) is 41.9 Å². The average molecular weight is 478 g/mol. The molecule has 9 heteroatoms. The fourth-order valence-corrected chi connectivity index (χ4v) is 5.99. The van der Waals surface area contributed by atoms with Gasteiger partial charge in [0.25, 0.3) is 0 Å². The number of amides is 1. The minimum atomic E-state index is -3.52. The van der Waals surface area contributed by atoms with Gasteiger partial charge in [0.1, 0.15) is 5.82 Å². The van der Waals surface area contributed by atoms with E-state index in [1.54, 1.807) is 28.7 Å². The average Bonchev–Trinajstić information content (AvgIpc) is 3.18. The third-order valence-corrected chi connectivity index (χ3v) is 8.24. The SMILES string of the molecule is Cn1c(CCC(=O)Nc2cnc3ccccc3c2)nc2cc(S(=O)(=O)N3CCCCC3)ccc21. The van der Waals surface area contributed by atoms with Gasteiger partial charge in [-0.25, -0.2) is 13.4 Å². The first-order valence-electron chi connectivity index (χ1n) is 11.5. The summed E-state index contributed by atoms with van der Waals surface area (Å²) >= 11 is 0. The van der Waals surface area contributed by atoms with Crippen molar-refractivity contribution in [2.75, 3.05) is 18.4 Å². The van der Waals surface area contributed by atoms with E-state index in [4.69, 9.17) is 0 Å². The first-order valence-corrected chi connectivity index (χ1v) is 13.0. The molecule has 1 saturated heterocycles. The van der Waals surface area contributed by atoms with Crippen molar-refractivity contribution in [3.8, 4) is 0 Å². The molecule has 1 fully saturated rings. The van der Waals surface area contributed by atoms with E-state index in [0.717, 1.165) is 41.5 Å². The number of nitrogens with zero attached hydrogens (tertiary/aromatic N) is 4. The van der Waals surface area contributed by atoms with Crippen LogP contribution in [0, 0.1) is 0 Å². The van der Waals surface area contributed by atoms with Crippen LogP contribution in [0.3, 0.4) is 0 Å². The molecular formula is C25H27N5O3S. The number of pyridine rings is 1. The maximum absolute atomic E-state index is 13.0. The van der Waals surface area contributed by atoms with E-state index in [-0.39, 0.29) is 17.2 Å². The maximum Gasteiger partial charge on any atom is 0.243 e. The summed E-state index contributed by atoms with van der Waals surface area (Å²) in [5, 5.41) is 3.86. The molecule has 0 radical (unpaired) electrons. The lowest BCUT2D eigenvalue weighted by Gasteiger charge is -2.25. The number of carbonyl (C=O) groups is 1. The molecule has 34 heavy (non-hydrogen) atoms. The molecule has 1 aliphatic rings. The Labute approximate surface area is 198 Å². The number of carbonyl (C=O) groups excluding carboxylic acids is 1. The topological polar surface area (TPSA) is 97.2 Å². The molecular weight excluding hydrogens is 450 g/mol. The lowest BCUT2D eigenvalue weighted by Crippen LogP contribution is -2.35. The number of benzene rings is 2. The number of imidazole rings is 1. The number of hydrogen-bond acceptors (Lipinski definition) is 5. The standard InChI is InChI=1S/C25H27N5O3S/c1-29-23-10-9-20(34(32,33)30-13-5-2-6-14-30)16-22(23)28-24(29)11-12-25(31)27-19-15-18-7-3-4-8-21(18)26-17-19/h3-4,7-10,15-17H,2,5-6,11-14H2,1H3,(H,27,31). The van der Waals surface area contributed by atoms with Gasteiger partial charge in [-0.15, -0.1) is 0 Å². The molecule has 0 unspecified atom stereocenters. The molecule has 0 bridgehead atoms. The molecule has 3 heterocycles. The van der Waals surface area contributed by atoms with E-state index < -0.39 is 10.0 Å². The van der Waals surface area contributed by atoms with Crippen LogP contribution in [0.2, 0.25) is 0 Å². The van der Waals surface area contributed by atoms with Crippen LogP contribution < -0.4 is 5.32 Å². The molecule has 1 amide bonds. The summed E-state index contributed by atoms with van der Waals surface area (Å²) in [7, 11) is -1.64. The van der Waals surface area contributed by atoms with Crippen LogP contribution in [-0.4, -0.2) is 46.3 Å². The minimum Gasteiger partial charge on any atom is -0.331 e. The van der Waals surface area contributed by atoms with Gasteiger partial charge in [0.2, 0.25) is 15.9 Å². The third kappa shape index (κ3) is 4.41. The van der Waals surface area contributed by atoms with Crippen LogP contribution in [-0.2, 0) is 28.3 Å². The van der Waals surface area contributed by atoms with Crippen LogP contribution in [0.25, 0.3) is 21.9 Å². The number of sulfonamides is 1. The summed E-state index contributed by atoms with van der Waals surface area (Å²) in [6.07, 6.45) is 5.20. The Morgan fingerprint density at radius 2 is 1.82 bits per heavy atom. The molecule has 2 aromatic heterocycles. The third-order valence-electron chi connectivity index (χ3n) is 6.35. The number of anilines is 1. The van der Waals surface area contributed by atoms with E-state index in [9.17, 15) is 13.2 Å². The van der Waals surface area contributed by atoms with Crippen molar-refractivity contribution in [1.82, 2.24) is 18.8 Å². The van der Waals surface area contributed by atoms with Crippen LogP contribution in [0.1, 0.15) is 31.5 Å². The Morgan fingerprint density at radius 3 is 2.65 bits per heavy atom. The minimum absolute atomic E-state index is 0.127. The van der Waals surface area contributed by atoms with Gasteiger partial charge in [-0.3, -0.25) is 9.78 Å². The molecule has 0 saturated carbocycles. The normalized spacial score (nSPS) is 15.1. The molecule has 8 nitrogen and oxygen atoms in total. The molecule has 4 aromatic rings. The predicted octanol–water partition coefficient (Wildman–Crippen LogP) is 3.87. The lowest BCUT2D eigenvalue weighted by atomic mass is 10.2. The number of para-hydroxylation sites is 1. The number of fused-ring (bicyclic) bond motifs is 2. The van der Waals surface area contributed by atoms with Gasteiger partial charge in [0, 0.05) is 38.4 Å². The van der Waals surface area contributed by atoms with E-state index >= 15 is 0 Å². The second-order valence-electron chi connectivity index (χ2n) is 8.67. The molecule has 5 rings (SSSR count). The summed E-state index contributed by atoms with van der Waals surface area (Å²) in [5.74, 6) is 0.604. The number of aryl methyl sites for hydroxylation is 2. The smallest absolute Gasteiger partial charge is 0.243 e. The van der Waals surface area contributed by atoms with Crippen LogP contribution in [0.5, 0.6) is 0 Å². The highest BCUT2D eigenvalue weighted by Crippen LogP contribution is 2.25. The highest BCUT2D eigenvalue weighted by atomic mass is 32.2. The largest absolute Gasteiger partial charge is 0.331 e. The van der Waals surface area contributed by atoms with Gasteiger partial charge in [0.15, 0.2) is 0 Å². The monoisotopic (exact) mass is 477 g/mol. The Hall–Kier alpha value is -3.30. The molecule has 0 spiro atoms. The number of piperidine rings is 1. The fraction of sp³-hybridized carbons (Fsp3) is 0.320. The highest BCUT2D eigenvalue weighted by Gasteiger charge is 2.26. The molecule has 0 atom stereocenters. The van der Waals surface area contributed by atoms with Gasteiger partial charge >= 0.3 is 0 Å². The zero-order chi connectivity index (χ0) is 23.7. The second-order valence-corrected chi connectivity index (χ2v) is 10.6. The fourth-order valence-electron chi connectivity index (χ4n) is 4.46. The van der Waals surface area contributed by atoms with Crippen molar-refractivity contribution in [3.05, 3.63) is 60.6 Å². The van der Waals surface area contributed by atoms with Crippen molar-refractivity contribution < 1.29 is 13.2 Å². The first-order chi connectivity index (χ1) is 16.4. The van der Waals surface area contributed by atoms with Gasteiger partial charge < -0.3 is 9.88 Å². The number of nitrogens with one attached hydrogen (secondary N) is 1. The van der Waals surface area contributed by atoms with Crippen LogP contribution in [0.15, 0.2) is 59.6 Å². The Balaban J connectivity index is 1.29. The van der Waals surface area contributed by atoms with Crippen LogP contribution in [0.4, 0.5) is 5.69 Å². The van der Waals surface area contributed by atoms with Crippen molar-refractivity contribution in [1.29, 1.82) is 0 Å². The molecule has 1 N–H and O–H groups in total. The van der Waals surface area contributed by atoms with Crippen molar-refractivity contribution in [3.63, 3.8) is 0 Å². The van der Waals surface area contributed by atoms with Crippen molar-refractivity contribution in [2.45, 2.75) is 37.0 Å². The number of aromatic nitrogens is 3. The van der Waals surface area contributed by atoms with Gasteiger partial charge in [0.05, 0.1) is 33.3 Å². The lowest BCUT2D eigenvalue weighted by molar-refractivity contribution is -0.116. The summed E-state index contributed by atoms with van der Waals surface area (Å²) in [4.78, 5) is 21.8. The quantitative estimate of drug-likeness (QED) is 0.455. The van der Waals surface area contributed by atoms with Gasteiger partial charge in [-0.05, 0) is 43.2 Å². The van der Waals surface area contributed by atoms with Gasteiger partial charge in [-0.1, -0.05) is 24.6 Å². The van der Waals surface area contributed by atoms with Gasteiger partial charge in [-0.2, -0.15) is 4.31 Å². The number of hydrogen-bond donors (Lipinski definition) is 1. The summed E-state index contributed by atoms with van der Waals surface area (Å²) in [6.45, 7) is 1.13. The number of rotatable bonds is 6. The highest BCUT2D eigenvalue weighted by molar-refractivity contribution is 7.89. The Kier molecular flexibility index (Phi) is 6.05. The van der Waals surface area contributed by atoms with Crippen molar-refractivity contribution in [2.24, 2.45) is 7.05 Å². The van der Waals surface area contributed by atoms with E-state index in [0.29, 0.717) is 30.7 Å². The summed E-state index contributed by atoms with van der Waals surface area (Å²) in [5.41, 5.74) is 2.99. The van der Waals surface area contributed by atoms with Crippen LogP contribution >= 0.6 is 0 Å². The van der Waals surface area contributed by atoms with E-state index in [1.165, 1.54) is 0 Å². The Bertz CT molecular complexity index is 1470. The molecule has 1 aliphatic heterocycles. The zero-order valence-electron chi connectivity index (χ0n) is 19.1.